The normalized spacial score (nSPS) is 12.4. The van der Waals surface area contributed by atoms with Gasteiger partial charge in [0.05, 0.1) is 6.04 Å². The zero-order valence-electron chi connectivity index (χ0n) is 10.5. The van der Waals surface area contributed by atoms with Gasteiger partial charge in [0, 0.05) is 9.37 Å². The van der Waals surface area contributed by atoms with E-state index in [2.05, 4.69) is 76.0 Å². The highest BCUT2D eigenvalue weighted by molar-refractivity contribution is 9.10. The first-order chi connectivity index (χ1) is 8.76. The van der Waals surface area contributed by atoms with E-state index in [1.165, 1.54) is 16.0 Å². The van der Waals surface area contributed by atoms with Crippen molar-refractivity contribution in [3.8, 4) is 0 Å². The number of benzene rings is 2. The van der Waals surface area contributed by atoms with Gasteiger partial charge in [-0.15, -0.1) is 11.8 Å². The summed E-state index contributed by atoms with van der Waals surface area (Å²) in [7, 11) is 2.00. The Morgan fingerprint density at radius 3 is 2.33 bits per heavy atom. The Balaban J connectivity index is 2.41. The van der Waals surface area contributed by atoms with Crippen molar-refractivity contribution >= 4 is 27.7 Å². The lowest BCUT2D eigenvalue weighted by molar-refractivity contribution is 0.680. The van der Waals surface area contributed by atoms with Gasteiger partial charge in [0.25, 0.3) is 0 Å². The minimum absolute atomic E-state index is 0.238. The molecule has 0 radical (unpaired) electrons. The van der Waals surface area contributed by atoms with Crippen LogP contribution in [0.25, 0.3) is 0 Å². The lowest BCUT2D eigenvalue weighted by Crippen LogP contribution is -2.18. The molecule has 94 valence electrons. The van der Waals surface area contributed by atoms with Crippen LogP contribution in [-0.4, -0.2) is 13.3 Å². The molecule has 1 unspecified atom stereocenters. The molecule has 0 heterocycles. The summed E-state index contributed by atoms with van der Waals surface area (Å²) in [5.41, 5.74) is 2.61. The minimum Gasteiger partial charge on any atom is -0.309 e. The average Bonchev–Trinajstić information content (AvgIpc) is 2.42. The molecule has 3 heteroatoms. The second-order valence-corrected chi connectivity index (χ2v) is 5.78. The van der Waals surface area contributed by atoms with Crippen molar-refractivity contribution in [2.24, 2.45) is 0 Å². The molecule has 0 spiro atoms. The van der Waals surface area contributed by atoms with E-state index in [-0.39, 0.29) is 6.04 Å². The summed E-state index contributed by atoms with van der Waals surface area (Å²) in [6, 6.07) is 17.3. The van der Waals surface area contributed by atoms with Crippen molar-refractivity contribution in [1.82, 2.24) is 5.32 Å². The summed E-state index contributed by atoms with van der Waals surface area (Å²) >= 11 is 5.26. The zero-order valence-corrected chi connectivity index (χ0v) is 12.9. The van der Waals surface area contributed by atoms with E-state index in [1.54, 1.807) is 11.8 Å². The average molecular weight is 322 g/mol. The number of hydrogen-bond acceptors (Lipinski definition) is 2. The molecule has 2 aromatic carbocycles. The van der Waals surface area contributed by atoms with Crippen LogP contribution in [0.4, 0.5) is 0 Å². The van der Waals surface area contributed by atoms with Crippen LogP contribution in [0.15, 0.2) is 57.9 Å². The maximum Gasteiger partial charge on any atom is 0.0585 e. The molecule has 2 aromatic rings. The van der Waals surface area contributed by atoms with E-state index in [0.29, 0.717) is 0 Å². The maximum atomic E-state index is 3.48. The van der Waals surface area contributed by atoms with E-state index in [4.69, 9.17) is 0 Å². The largest absolute Gasteiger partial charge is 0.309 e. The van der Waals surface area contributed by atoms with Crippen molar-refractivity contribution in [2.45, 2.75) is 10.9 Å². The summed E-state index contributed by atoms with van der Waals surface area (Å²) in [6.45, 7) is 0. The fourth-order valence-corrected chi connectivity index (χ4v) is 2.96. The smallest absolute Gasteiger partial charge is 0.0585 e. The van der Waals surface area contributed by atoms with Gasteiger partial charge in [0.1, 0.15) is 0 Å². The molecule has 0 saturated heterocycles. The van der Waals surface area contributed by atoms with Crippen LogP contribution in [-0.2, 0) is 0 Å². The molecule has 1 atom stereocenters. The quantitative estimate of drug-likeness (QED) is 0.833. The van der Waals surface area contributed by atoms with Crippen molar-refractivity contribution in [3.05, 3.63) is 64.1 Å². The van der Waals surface area contributed by atoms with Crippen LogP contribution in [0.3, 0.4) is 0 Å². The maximum absolute atomic E-state index is 3.48. The van der Waals surface area contributed by atoms with E-state index < -0.39 is 0 Å². The van der Waals surface area contributed by atoms with E-state index in [1.807, 2.05) is 7.05 Å². The molecule has 0 aliphatic carbocycles. The van der Waals surface area contributed by atoms with E-state index in [9.17, 15) is 0 Å². The lowest BCUT2D eigenvalue weighted by Gasteiger charge is -2.20. The summed E-state index contributed by atoms with van der Waals surface area (Å²) < 4.78 is 1.11. The third-order valence-corrected chi connectivity index (χ3v) is 4.28. The molecule has 0 fully saturated rings. The van der Waals surface area contributed by atoms with Gasteiger partial charge in [0.15, 0.2) is 0 Å². The molecule has 0 saturated carbocycles. The van der Waals surface area contributed by atoms with Crippen molar-refractivity contribution in [3.63, 3.8) is 0 Å². The predicted octanol–water partition coefficient (Wildman–Crippen LogP) is 4.48. The molecule has 0 aliphatic heterocycles. The summed E-state index contributed by atoms with van der Waals surface area (Å²) in [4.78, 5) is 1.32. The standard InChI is InChI=1S/C15H16BrNS/c1-17-15(11-7-9-12(16)10-8-11)13-5-3-4-6-14(13)18-2/h3-10,15,17H,1-2H3. The zero-order chi connectivity index (χ0) is 13.0. The highest BCUT2D eigenvalue weighted by Crippen LogP contribution is 2.30. The molecule has 0 aromatic heterocycles. The molecule has 0 aliphatic rings. The molecule has 18 heavy (non-hydrogen) atoms. The molecule has 0 bridgehead atoms. The molecular weight excluding hydrogens is 306 g/mol. The van der Waals surface area contributed by atoms with Gasteiger partial charge in [-0.25, -0.2) is 0 Å². The van der Waals surface area contributed by atoms with Crippen molar-refractivity contribution in [2.75, 3.05) is 13.3 Å². The number of hydrogen-bond donors (Lipinski definition) is 1. The SMILES string of the molecule is CNC(c1ccc(Br)cc1)c1ccccc1SC. The second kappa shape index (κ2) is 6.41. The van der Waals surface area contributed by atoms with Crippen LogP contribution in [0, 0.1) is 0 Å². The third-order valence-electron chi connectivity index (χ3n) is 2.94. The second-order valence-electron chi connectivity index (χ2n) is 4.02. The van der Waals surface area contributed by atoms with Gasteiger partial charge in [-0.3, -0.25) is 0 Å². The number of nitrogens with one attached hydrogen (secondary N) is 1. The number of rotatable bonds is 4. The summed E-state index contributed by atoms with van der Waals surface area (Å²) in [5.74, 6) is 0. The predicted molar refractivity (Wildman–Crippen MR) is 83.3 cm³/mol. The highest BCUT2D eigenvalue weighted by atomic mass is 79.9. The Hall–Kier alpha value is -0.770. The van der Waals surface area contributed by atoms with Crippen LogP contribution in [0.1, 0.15) is 17.2 Å². The highest BCUT2D eigenvalue weighted by Gasteiger charge is 2.14. The Bertz CT molecular complexity index is 510. The topological polar surface area (TPSA) is 12.0 Å². The molecule has 1 nitrogen and oxygen atoms in total. The Morgan fingerprint density at radius 1 is 1.06 bits per heavy atom. The van der Waals surface area contributed by atoms with Crippen LogP contribution in [0.2, 0.25) is 0 Å². The first kappa shape index (κ1) is 13.7. The Morgan fingerprint density at radius 2 is 1.72 bits per heavy atom. The van der Waals surface area contributed by atoms with Gasteiger partial charge < -0.3 is 5.32 Å². The Labute approximate surface area is 121 Å². The first-order valence-corrected chi connectivity index (χ1v) is 7.83. The molecule has 2 rings (SSSR count). The van der Waals surface area contributed by atoms with Gasteiger partial charge >= 0.3 is 0 Å². The fraction of sp³-hybridized carbons (Fsp3) is 0.200. The van der Waals surface area contributed by atoms with Gasteiger partial charge in [-0.2, -0.15) is 0 Å². The van der Waals surface area contributed by atoms with Crippen LogP contribution >= 0.6 is 27.7 Å². The Kier molecular flexibility index (Phi) is 4.87. The minimum atomic E-state index is 0.238. The van der Waals surface area contributed by atoms with E-state index in [0.717, 1.165) is 4.47 Å². The molecule has 1 N–H and O–H groups in total. The van der Waals surface area contributed by atoms with Crippen LogP contribution < -0.4 is 5.32 Å². The van der Waals surface area contributed by atoms with Gasteiger partial charge in [-0.05, 0) is 42.6 Å². The lowest BCUT2D eigenvalue weighted by atomic mass is 9.99. The third kappa shape index (κ3) is 2.97. The van der Waals surface area contributed by atoms with E-state index >= 15 is 0 Å². The molecule has 0 amide bonds. The monoisotopic (exact) mass is 321 g/mol. The van der Waals surface area contributed by atoms with Gasteiger partial charge in [-0.1, -0.05) is 46.3 Å². The summed E-state index contributed by atoms with van der Waals surface area (Å²) in [6.07, 6.45) is 2.12. The van der Waals surface area contributed by atoms with Crippen molar-refractivity contribution < 1.29 is 0 Å². The first-order valence-electron chi connectivity index (χ1n) is 5.82. The van der Waals surface area contributed by atoms with Crippen LogP contribution in [0.5, 0.6) is 0 Å². The number of halogens is 1. The number of thioether (sulfide) groups is 1. The molecular formula is C15H16BrNS. The van der Waals surface area contributed by atoms with Crippen molar-refractivity contribution in [1.29, 1.82) is 0 Å². The van der Waals surface area contributed by atoms with Gasteiger partial charge in [0.2, 0.25) is 0 Å². The fourth-order valence-electron chi connectivity index (χ4n) is 2.06. The summed E-state index contributed by atoms with van der Waals surface area (Å²) in [5, 5.41) is 3.40.